The number of nitrogens with zero attached hydrogens (tertiary/aromatic N) is 3. The molecule has 2 heterocycles. The van der Waals surface area contributed by atoms with Crippen LogP contribution in [0, 0.1) is 6.92 Å². The molecule has 152 valence electrons. The fourth-order valence-corrected chi connectivity index (χ4v) is 3.55. The Morgan fingerprint density at radius 2 is 1.70 bits per heavy atom. The van der Waals surface area contributed by atoms with E-state index in [4.69, 9.17) is 9.97 Å². The average molecular weight is 399 g/mol. The Hall–Kier alpha value is -3.47. The summed E-state index contributed by atoms with van der Waals surface area (Å²) in [6.45, 7) is 4.84. The van der Waals surface area contributed by atoms with Crippen LogP contribution in [0.4, 0.5) is 5.69 Å². The number of unbranched alkanes of at least 4 members (excludes halogenated alkanes) is 1. The van der Waals surface area contributed by atoms with E-state index in [0.717, 1.165) is 48.5 Å². The molecule has 5 heteroatoms. The van der Waals surface area contributed by atoms with Gasteiger partial charge in [-0.15, -0.1) is 0 Å². The van der Waals surface area contributed by atoms with E-state index < -0.39 is 0 Å². The fourth-order valence-electron chi connectivity index (χ4n) is 3.55. The van der Waals surface area contributed by atoms with Gasteiger partial charge in [0.2, 0.25) is 0 Å². The number of imidazole rings is 1. The first kappa shape index (κ1) is 19.8. The zero-order valence-corrected chi connectivity index (χ0v) is 17.4. The molecule has 1 amide bonds. The predicted octanol–water partition coefficient (Wildman–Crippen LogP) is 5.38. The molecule has 0 unspecified atom stereocenters. The first-order valence-corrected chi connectivity index (χ1v) is 10.4. The van der Waals surface area contributed by atoms with E-state index in [1.165, 1.54) is 5.56 Å². The number of rotatable bonds is 7. The Morgan fingerprint density at radius 3 is 2.40 bits per heavy atom. The molecule has 1 N–H and O–H groups in total. The normalized spacial score (nSPS) is 11.0. The predicted molar refractivity (Wildman–Crippen MR) is 121 cm³/mol. The number of pyridine rings is 1. The number of aryl methyl sites for hydroxylation is 2. The first-order valence-electron chi connectivity index (χ1n) is 10.4. The molecule has 2 aromatic carbocycles. The lowest BCUT2D eigenvalue weighted by Gasteiger charge is -2.11. The second kappa shape index (κ2) is 8.91. The Morgan fingerprint density at radius 1 is 1.00 bits per heavy atom. The van der Waals surface area contributed by atoms with Crippen molar-refractivity contribution in [3.05, 3.63) is 89.4 Å². The number of hydrogen-bond donors (Lipinski definition) is 1. The summed E-state index contributed by atoms with van der Waals surface area (Å²) in [5.41, 5.74) is 4.99. The molecular formula is C25H26N4O. The number of benzene rings is 2. The van der Waals surface area contributed by atoms with E-state index in [-0.39, 0.29) is 5.91 Å². The molecule has 5 nitrogen and oxygen atoms in total. The summed E-state index contributed by atoms with van der Waals surface area (Å²) in [6.07, 6.45) is 3.10. The highest BCUT2D eigenvalue weighted by Gasteiger charge is 2.16. The van der Waals surface area contributed by atoms with Gasteiger partial charge in [-0.05, 0) is 37.1 Å². The number of nitrogens with one attached hydrogen (secondary N) is 1. The zero-order valence-electron chi connectivity index (χ0n) is 17.4. The van der Waals surface area contributed by atoms with Crippen molar-refractivity contribution in [3.63, 3.8) is 0 Å². The maximum atomic E-state index is 12.6. The molecule has 4 aromatic rings. The smallest absolute Gasteiger partial charge is 0.255 e. The van der Waals surface area contributed by atoms with Gasteiger partial charge in [0.25, 0.3) is 5.91 Å². The highest BCUT2D eigenvalue weighted by atomic mass is 16.1. The van der Waals surface area contributed by atoms with Crippen LogP contribution in [0.1, 0.15) is 47.2 Å². The SMILES string of the molecule is CCCCc1nc2cc(NC(=O)c3ccccc3)c(C)nc2n1Cc1ccccc1. The van der Waals surface area contributed by atoms with Crippen LogP contribution in [0.25, 0.3) is 11.2 Å². The number of carbonyl (C=O) groups is 1. The molecule has 0 atom stereocenters. The highest BCUT2D eigenvalue weighted by molar-refractivity contribution is 6.05. The van der Waals surface area contributed by atoms with Crippen LogP contribution in [0.5, 0.6) is 0 Å². The minimum Gasteiger partial charge on any atom is -0.320 e. The molecule has 2 aromatic heterocycles. The second-order valence-corrected chi connectivity index (χ2v) is 7.49. The molecule has 0 aliphatic carbocycles. The van der Waals surface area contributed by atoms with Gasteiger partial charge < -0.3 is 9.88 Å². The van der Waals surface area contributed by atoms with Gasteiger partial charge in [-0.3, -0.25) is 4.79 Å². The lowest BCUT2D eigenvalue weighted by atomic mass is 10.2. The van der Waals surface area contributed by atoms with Gasteiger partial charge >= 0.3 is 0 Å². The maximum Gasteiger partial charge on any atom is 0.255 e. The van der Waals surface area contributed by atoms with Crippen molar-refractivity contribution < 1.29 is 4.79 Å². The Balaban J connectivity index is 1.70. The van der Waals surface area contributed by atoms with E-state index in [9.17, 15) is 4.79 Å². The summed E-state index contributed by atoms with van der Waals surface area (Å²) in [4.78, 5) is 22.3. The zero-order chi connectivity index (χ0) is 20.9. The molecule has 0 fully saturated rings. The van der Waals surface area contributed by atoms with Gasteiger partial charge in [0, 0.05) is 12.0 Å². The van der Waals surface area contributed by atoms with Gasteiger partial charge in [-0.25, -0.2) is 9.97 Å². The van der Waals surface area contributed by atoms with E-state index in [2.05, 4.69) is 41.1 Å². The van der Waals surface area contributed by atoms with Crippen LogP contribution in [-0.4, -0.2) is 20.4 Å². The van der Waals surface area contributed by atoms with Crippen molar-refractivity contribution in [1.29, 1.82) is 0 Å². The van der Waals surface area contributed by atoms with Crippen molar-refractivity contribution in [1.82, 2.24) is 14.5 Å². The summed E-state index contributed by atoms with van der Waals surface area (Å²) >= 11 is 0. The molecular weight excluding hydrogens is 372 g/mol. The van der Waals surface area contributed by atoms with Crippen LogP contribution in [0.3, 0.4) is 0 Å². The summed E-state index contributed by atoms with van der Waals surface area (Å²) in [5.74, 6) is 0.893. The Bertz CT molecular complexity index is 1150. The molecule has 0 saturated carbocycles. The monoisotopic (exact) mass is 398 g/mol. The molecule has 0 bridgehead atoms. The Labute approximate surface area is 176 Å². The van der Waals surface area contributed by atoms with Gasteiger partial charge in [-0.2, -0.15) is 0 Å². The van der Waals surface area contributed by atoms with Crippen LogP contribution >= 0.6 is 0 Å². The van der Waals surface area contributed by atoms with Crippen LogP contribution in [0.15, 0.2) is 66.7 Å². The number of amides is 1. The van der Waals surface area contributed by atoms with Gasteiger partial charge in [0.1, 0.15) is 11.3 Å². The summed E-state index contributed by atoms with van der Waals surface area (Å²) in [5, 5.41) is 2.99. The molecule has 30 heavy (non-hydrogen) atoms. The van der Waals surface area contributed by atoms with Crippen molar-refractivity contribution >= 4 is 22.8 Å². The van der Waals surface area contributed by atoms with Crippen LogP contribution in [0.2, 0.25) is 0 Å². The fraction of sp³-hybridized carbons (Fsp3) is 0.240. The highest BCUT2D eigenvalue weighted by Crippen LogP contribution is 2.24. The number of hydrogen-bond acceptors (Lipinski definition) is 3. The quantitative estimate of drug-likeness (QED) is 0.454. The topological polar surface area (TPSA) is 59.8 Å². The van der Waals surface area contributed by atoms with E-state index in [1.807, 2.05) is 37.3 Å². The second-order valence-electron chi connectivity index (χ2n) is 7.49. The number of carbonyl (C=O) groups excluding carboxylic acids is 1. The minimum absolute atomic E-state index is 0.144. The average Bonchev–Trinajstić information content (AvgIpc) is 3.10. The third kappa shape index (κ3) is 4.25. The van der Waals surface area contributed by atoms with E-state index >= 15 is 0 Å². The summed E-state index contributed by atoms with van der Waals surface area (Å²) in [6, 6.07) is 21.5. The number of aromatic nitrogens is 3. The van der Waals surface area contributed by atoms with E-state index in [1.54, 1.807) is 12.1 Å². The molecule has 4 rings (SSSR count). The lowest BCUT2D eigenvalue weighted by Crippen LogP contribution is -2.13. The molecule has 0 saturated heterocycles. The van der Waals surface area contributed by atoms with Crippen LogP contribution in [-0.2, 0) is 13.0 Å². The summed E-state index contributed by atoms with van der Waals surface area (Å²) in [7, 11) is 0. The van der Waals surface area contributed by atoms with Crippen molar-refractivity contribution in [2.75, 3.05) is 5.32 Å². The molecule has 0 spiro atoms. The van der Waals surface area contributed by atoms with Crippen molar-refractivity contribution in [2.24, 2.45) is 0 Å². The van der Waals surface area contributed by atoms with E-state index in [0.29, 0.717) is 11.3 Å². The summed E-state index contributed by atoms with van der Waals surface area (Å²) < 4.78 is 2.20. The largest absolute Gasteiger partial charge is 0.320 e. The molecule has 0 radical (unpaired) electrons. The Kier molecular flexibility index (Phi) is 5.89. The third-order valence-corrected chi connectivity index (χ3v) is 5.21. The molecule has 0 aliphatic heterocycles. The van der Waals surface area contributed by atoms with Gasteiger partial charge in [-0.1, -0.05) is 61.9 Å². The lowest BCUT2D eigenvalue weighted by molar-refractivity contribution is 0.102. The van der Waals surface area contributed by atoms with Gasteiger partial charge in [0.15, 0.2) is 5.65 Å². The van der Waals surface area contributed by atoms with Crippen molar-refractivity contribution in [3.8, 4) is 0 Å². The third-order valence-electron chi connectivity index (χ3n) is 5.21. The van der Waals surface area contributed by atoms with Gasteiger partial charge in [0.05, 0.1) is 17.9 Å². The maximum absolute atomic E-state index is 12.6. The van der Waals surface area contributed by atoms with Crippen molar-refractivity contribution in [2.45, 2.75) is 39.7 Å². The minimum atomic E-state index is -0.144. The first-order chi connectivity index (χ1) is 14.7. The standard InChI is InChI=1S/C25H26N4O/c1-3-4-15-23-27-22-16-21(28-25(30)20-13-9-6-10-14-20)18(2)26-24(22)29(23)17-19-11-7-5-8-12-19/h5-14,16H,3-4,15,17H2,1-2H3,(H,28,30). The number of anilines is 1. The van der Waals surface area contributed by atoms with Crippen LogP contribution < -0.4 is 5.32 Å². The molecule has 0 aliphatic rings. The number of fused-ring (bicyclic) bond motifs is 1.